The summed E-state index contributed by atoms with van der Waals surface area (Å²) in [7, 11) is 1.77. The van der Waals surface area contributed by atoms with Crippen LogP contribution in [0.4, 0.5) is 17.2 Å². The predicted octanol–water partition coefficient (Wildman–Crippen LogP) is 5.11. The number of ether oxygens (including phenoxy) is 1. The van der Waals surface area contributed by atoms with Gasteiger partial charge < -0.3 is 15.0 Å². The monoisotopic (exact) mass is 417 g/mol. The van der Waals surface area contributed by atoms with Crippen molar-refractivity contribution >= 4 is 38.9 Å². The van der Waals surface area contributed by atoms with Crippen molar-refractivity contribution in [3.05, 3.63) is 60.1 Å². The number of rotatable bonds is 6. The van der Waals surface area contributed by atoms with Gasteiger partial charge in [0.1, 0.15) is 10.3 Å². The molecule has 0 saturated carbocycles. The summed E-state index contributed by atoms with van der Waals surface area (Å²) in [5.41, 5.74) is 5.79. The second-order valence-corrected chi connectivity index (χ2v) is 8.22. The summed E-state index contributed by atoms with van der Waals surface area (Å²) in [5.74, 6) is 1.43. The average Bonchev–Trinajstić information content (AvgIpc) is 3.44. The van der Waals surface area contributed by atoms with Crippen LogP contribution in [0.25, 0.3) is 21.7 Å². The van der Waals surface area contributed by atoms with Gasteiger partial charge in [0.05, 0.1) is 18.2 Å². The summed E-state index contributed by atoms with van der Waals surface area (Å²) < 4.78 is 5.42. The summed E-state index contributed by atoms with van der Waals surface area (Å²) in [6.07, 6.45) is 2.36. The van der Waals surface area contributed by atoms with Gasteiger partial charge in [0.2, 0.25) is 0 Å². The van der Waals surface area contributed by atoms with Crippen molar-refractivity contribution in [3.63, 3.8) is 0 Å². The van der Waals surface area contributed by atoms with Crippen molar-refractivity contribution in [3.8, 4) is 11.4 Å². The molecule has 152 valence electrons. The molecular formula is C23H23N5OS. The van der Waals surface area contributed by atoms with Gasteiger partial charge in [-0.15, -0.1) is 11.3 Å². The topological polar surface area (TPSA) is 63.2 Å². The number of hydrogen-bond donors (Lipinski definition) is 1. The third kappa shape index (κ3) is 3.74. The minimum Gasteiger partial charge on any atom is -0.383 e. The van der Waals surface area contributed by atoms with Crippen molar-refractivity contribution in [2.24, 2.45) is 0 Å². The average molecular weight is 418 g/mol. The number of nitrogens with zero attached hydrogens (tertiary/aromatic N) is 4. The van der Waals surface area contributed by atoms with Crippen molar-refractivity contribution in [2.45, 2.75) is 18.9 Å². The van der Waals surface area contributed by atoms with Gasteiger partial charge in [-0.25, -0.2) is 15.0 Å². The zero-order chi connectivity index (χ0) is 20.3. The summed E-state index contributed by atoms with van der Waals surface area (Å²) >= 11 is 1.53. The largest absolute Gasteiger partial charge is 0.383 e. The lowest BCUT2D eigenvalue weighted by atomic mass is 10.2. The highest BCUT2D eigenvalue weighted by Gasteiger charge is 2.24. The molecule has 3 heterocycles. The Morgan fingerprint density at radius 3 is 2.90 bits per heavy atom. The van der Waals surface area contributed by atoms with E-state index in [4.69, 9.17) is 14.7 Å². The zero-order valence-corrected chi connectivity index (χ0v) is 17.6. The fourth-order valence-electron chi connectivity index (χ4n) is 4.01. The molecule has 4 aromatic rings. The molecule has 1 aliphatic heterocycles. The molecule has 1 fully saturated rings. The molecule has 0 bridgehead atoms. The van der Waals surface area contributed by atoms with Crippen LogP contribution in [-0.4, -0.2) is 41.3 Å². The molecule has 1 N–H and O–H groups in total. The minimum atomic E-state index is 0.430. The molecule has 2 aromatic heterocycles. The highest BCUT2D eigenvalue weighted by molar-refractivity contribution is 7.16. The van der Waals surface area contributed by atoms with E-state index in [1.165, 1.54) is 23.4 Å². The van der Waals surface area contributed by atoms with Crippen LogP contribution in [0.1, 0.15) is 12.8 Å². The Morgan fingerprint density at radius 2 is 2.03 bits per heavy atom. The zero-order valence-electron chi connectivity index (χ0n) is 16.8. The first-order chi connectivity index (χ1) is 14.8. The highest BCUT2D eigenvalue weighted by Crippen LogP contribution is 2.31. The second kappa shape index (κ2) is 8.38. The molecule has 0 spiro atoms. The Balaban J connectivity index is 1.48. The van der Waals surface area contributed by atoms with Crippen LogP contribution in [0, 0.1) is 0 Å². The van der Waals surface area contributed by atoms with Crippen molar-refractivity contribution in [2.75, 3.05) is 30.5 Å². The SMILES string of the molecule is COCC1CCCN1c1cccc(Nc2nc(-c3ccccc3)nc3scnc23)c1. The normalized spacial score (nSPS) is 16.3. The fourth-order valence-corrected chi connectivity index (χ4v) is 4.66. The number of benzene rings is 2. The van der Waals surface area contributed by atoms with E-state index in [-0.39, 0.29) is 0 Å². The fraction of sp³-hybridized carbons (Fsp3) is 0.261. The Bertz CT molecular complexity index is 1150. The van der Waals surface area contributed by atoms with E-state index < -0.39 is 0 Å². The molecule has 30 heavy (non-hydrogen) atoms. The van der Waals surface area contributed by atoms with Gasteiger partial charge in [0, 0.05) is 30.6 Å². The van der Waals surface area contributed by atoms with E-state index in [0.29, 0.717) is 11.9 Å². The molecule has 0 radical (unpaired) electrons. The lowest BCUT2D eigenvalue weighted by molar-refractivity contribution is 0.181. The third-order valence-electron chi connectivity index (χ3n) is 5.41. The molecule has 1 unspecified atom stereocenters. The molecule has 6 nitrogen and oxygen atoms in total. The minimum absolute atomic E-state index is 0.430. The maximum absolute atomic E-state index is 5.42. The van der Waals surface area contributed by atoms with E-state index in [1.807, 2.05) is 35.8 Å². The van der Waals surface area contributed by atoms with Crippen LogP contribution in [0.15, 0.2) is 60.1 Å². The summed E-state index contributed by atoms with van der Waals surface area (Å²) in [4.78, 5) is 17.3. The molecule has 5 rings (SSSR count). The lowest BCUT2D eigenvalue weighted by Crippen LogP contribution is -2.32. The number of hydrogen-bond acceptors (Lipinski definition) is 7. The number of nitrogens with one attached hydrogen (secondary N) is 1. The predicted molar refractivity (Wildman–Crippen MR) is 123 cm³/mol. The van der Waals surface area contributed by atoms with E-state index in [9.17, 15) is 0 Å². The van der Waals surface area contributed by atoms with E-state index in [1.54, 1.807) is 7.11 Å². The van der Waals surface area contributed by atoms with Gasteiger partial charge in [-0.05, 0) is 31.0 Å². The van der Waals surface area contributed by atoms with Gasteiger partial charge in [-0.1, -0.05) is 36.4 Å². The second-order valence-electron chi connectivity index (χ2n) is 7.39. The van der Waals surface area contributed by atoms with Crippen LogP contribution in [0.2, 0.25) is 0 Å². The number of aromatic nitrogens is 3. The Labute approximate surface area is 179 Å². The Kier molecular flexibility index (Phi) is 5.29. The van der Waals surface area contributed by atoms with Crippen LogP contribution >= 0.6 is 11.3 Å². The van der Waals surface area contributed by atoms with Crippen LogP contribution in [0.5, 0.6) is 0 Å². The Morgan fingerprint density at radius 1 is 1.13 bits per heavy atom. The van der Waals surface area contributed by atoms with E-state index in [0.717, 1.165) is 47.0 Å². The highest BCUT2D eigenvalue weighted by atomic mass is 32.1. The molecular weight excluding hydrogens is 394 g/mol. The molecule has 1 atom stereocenters. The summed E-state index contributed by atoms with van der Waals surface area (Å²) in [6.45, 7) is 1.81. The number of methoxy groups -OCH3 is 1. The number of thiazole rings is 1. The van der Waals surface area contributed by atoms with Crippen molar-refractivity contribution in [1.29, 1.82) is 0 Å². The van der Waals surface area contributed by atoms with Crippen LogP contribution in [-0.2, 0) is 4.74 Å². The molecule has 1 aliphatic rings. The van der Waals surface area contributed by atoms with Crippen LogP contribution in [0.3, 0.4) is 0 Å². The van der Waals surface area contributed by atoms with Gasteiger partial charge in [-0.3, -0.25) is 0 Å². The summed E-state index contributed by atoms with van der Waals surface area (Å²) in [6, 6.07) is 18.9. The maximum Gasteiger partial charge on any atom is 0.163 e. The smallest absolute Gasteiger partial charge is 0.163 e. The lowest BCUT2D eigenvalue weighted by Gasteiger charge is -2.26. The van der Waals surface area contributed by atoms with Crippen LogP contribution < -0.4 is 10.2 Å². The summed E-state index contributed by atoms with van der Waals surface area (Å²) in [5, 5.41) is 3.49. The quantitative estimate of drug-likeness (QED) is 0.470. The van der Waals surface area contributed by atoms with E-state index >= 15 is 0 Å². The number of anilines is 3. The molecule has 0 amide bonds. The molecule has 1 saturated heterocycles. The standard InChI is InChI=1S/C23H23N5OS/c1-29-14-19-11-6-12-28(19)18-10-5-9-17(13-18)25-22-20-23(30-15-24-20)27-21(26-22)16-7-3-2-4-8-16/h2-5,7-10,13,15,19H,6,11-12,14H2,1H3,(H,25,26,27). The first kappa shape index (κ1) is 19.0. The van der Waals surface area contributed by atoms with Gasteiger partial charge in [0.25, 0.3) is 0 Å². The van der Waals surface area contributed by atoms with Gasteiger partial charge in [-0.2, -0.15) is 0 Å². The first-order valence-electron chi connectivity index (χ1n) is 10.1. The van der Waals surface area contributed by atoms with Crippen molar-refractivity contribution in [1.82, 2.24) is 15.0 Å². The van der Waals surface area contributed by atoms with Gasteiger partial charge in [0.15, 0.2) is 11.6 Å². The third-order valence-corrected chi connectivity index (χ3v) is 6.13. The Hall–Kier alpha value is -3.03. The van der Waals surface area contributed by atoms with Crippen molar-refractivity contribution < 1.29 is 4.74 Å². The number of fused-ring (bicyclic) bond motifs is 1. The molecule has 0 aliphatic carbocycles. The first-order valence-corrected chi connectivity index (χ1v) is 11.0. The maximum atomic E-state index is 5.42. The van der Waals surface area contributed by atoms with Gasteiger partial charge >= 0.3 is 0 Å². The van der Waals surface area contributed by atoms with E-state index in [2.05, 4.69) is 39.5 Å². The molecule has 2 aromatic carbocycles. The molecule has 7 heteroatoms.